The summed E-state index contributed by atoms with van der Waals surface area (Å²) < 4.78 is 7.04. The first kappa shape index (κ1) is 30.7. The van der Waals surface area contributed by atoms with Crippen LogP contribution in [0.25, 0.3) is 87.7 Å². The summed E-state index contributed by atoms with van der Waals surface area (Å²) in [5.74, 6) is 0. The summed E-state index contributed by atoms with van der Waals surface area (Å²) in [6.07, 6.45) is 0. The summed E-state index contributed by atoms with van der Waals surface area (Å²) in [4.78, 5) is 0. The lowest BCUT2D eigenvalue weighted by atomic mass is 9.98. The molecule has 0 saturated heterocycles. The second-order valence-electron chi connectivity index (χ2n) is 11.8. The molecule has 3 aromatic heterocycles. The number of para-hydroxylation sites is 2. The summed E-state index contributed by atoms with van der Waals surface area (Å²) in [7, 11) is 4.32. The smallest absolute Gasteiger partial charge is 0.0491 e. The van der Waals surface area contributed by atoms with E-state index in [1.165, 1.54) is 87.7 Å². The molecule has 0 spiro atoms. The van der Waals surface area contributed by atoms with Crippen molar-refractivity contribution in [2.45, 2.75) is 35.7 Å². The molecule has 0 fully saturated rings. The molecule has 0 unspecified atom stereocenters. The van der Waals surface area contributed by atoms with E-state index in [1.807, 2.05) is 0 Å². The second-order valence-corrected chi connectivity index (χ2v) is 11.8. The third kappa shape index (κ3) is 4.19. The molecule has 46 heavy (non-hydrogen) atoms. The molecule has 3 heterocycles. The van der Waals surface area contributed by atoms with Crippen LogP contribution in [0.1, 0.15) is 29.2 Å². The fourth-order valence-electron chi connectivity index (χ4n) is 7.50. The van der Waals surface area contributed by atoms with E-state index < -0.39 is 0 Å². The van der Waals surface area contributed by atoms with Gasteiger partial charge in [-0.25, -0.2) is 0 Å². The average molecular weight is 602 g/mol. The topological polar surface area (TPSA) is 14.8 Å². The van der Waals surface area contributed by atoms with Crippen LogP contribution in [0.5, 0.6) is 0 Å². The van der Waals surface area contributed by atoms with E-state index in [0.29, 0.717) is 0 Å². The molecule has 0 N–H and O–H groups in total. The summed E-state index contributed by atoms with van der Waals surface area (Å²) in [6, 6.07) is 45.2. The van der Waals surface area contributed by atoms with E-state index in [1.54, 1.807) is 0 Å². The maximum atomic E-state index is 2.44. The Labute approximate surface area is 271 Å². The van der Waals surface area contributed by atoms with Gasteiger partial charge in [0.15, 0.2) is 0 Å². The predicted octanol–water partition coefficient (Wildman–Crippen LogP) is 12.3. The zero-order valence-electron chi connectivity index (χ0n) is 24.6. The molecule has 9 aromatic rings. The minimum atomic E-state index is 0. The van der Waals surface area contributed by atoms with Gasteiger partial charge in [-0.2, -0.15) is 0 Å². The lowest BCUT2D eigenvalue weighted by molar-refractivity contribution is 0.827. The Morgan fingerprint density at radius 1 is 0.370 bits per heavy atom. The van der Waals surface area contributed by atoms with Crippen molar-refractivity contribution in [3.63, 3.8) is 0 Å². The van der Waals surface area contributed by atoms with Gasteiger partial charge >= 0.3 is 0 Å². The van der Waals surface area contributed by atoms with Crippen molar-refractivity contribution >= 4 is 65.4 Å². The molecule has 230 valence electrons. The van der Waals surface area contributed by atoms with Crippen molar-refractivity contribution in [1.29, 1.82) is 0 Å². The van der Waals surface area contributed by atoms with Gasteiger partial charge in [0.05, 0.1) is 0 Å². The lowest BCUT2D eigenvalue weighted by Crippen LogP contribution is -1.92. The largest absolute Gasteiger partial charge is 0.344 e. The fraction of sp³-hybridized carbons (Fsp3) is 0.163. The van der Waals surface area contributed by atoms with Crippen molar-refractivity contribution in [2.24, 2.45) is 14.1 Å². The lowest BCUT2D eigenvalue weighted by Gasteiger charge is -2.06. The first-order valence-corrected chi connectivity index (χ1v) is 15.1. The van der Waals surface area contributed by atoms with E-state index in [4.69, 9.17) is 0 Å². The molecule has 0 aliphatic rings. The first-order chi connectivity index (χ1) is 21.1. The van der Waals surface area contributed by atoms with Crippen LogP contribution in [0.3, 0.4) is 0 Å². The Morgan fingerprint density at radius 3 is 1.04 bits per heavy atom. The SMILES string of the molecule is C.C.C.CCn1c2ccc(-c3ccc4c(c3)c3ccccc3n4C)cc2c2cc(-c3ccc4c(c3)c3ccccc3n4C)ccc21. The van der Waals surface area contributed by atoms with Crippen LogP contribution in [-0.2, 0) is 20.6 Å². The number of aromatic nitrogens is 3. The Hall–Kier alpha value is -5.28. The third-order valence-corrected chi connectivity index (χ3v) is 9.67. The van der Waals surface area contributed by atoms with E-state index in [0.717, 1.165) is 6.54 Å². The molecule has 3 nitrogen and oxygen atoms in total. The molecule has 0 aliphatic heterocycles. The van der Waals surface area contributed by atoms with E-state index >= 15 is 0 Å². The van der Waals surface area contributed by atoms with Crippen molar-refractivity contribution in [3.05, 3.63) is 121 Å². The molecule has 6 aromatic carbocycles. The molecule has 0 radical (unpaired) electrons. The Bertz CT molecular complexity index is 2390. The average Bonchev–Trinajstić information content (AvgIpc) is 3.65. The zero-order chi connectivity index (χ0) is 28.8. The molecule has 0 bridgehead atoms. The number of hydrogen-bond acceptors (Lipinski definition) is 0. The second kappa shape index (κ2) is 11.3. The van der Waals surface area contributed by atoms with Crippen molar-refractivity contribution in [1.82, 2.24) is 13.7 Å². The van der Waals surface area contributed by atoms with Gasteiger partial charge in [-0.05, 0) is 89.8 Å². The zero-order valence-corrected chi connectivity index (χ0v) is 24.6. The molecule has 0 aliphatic carbocycles. The number of benzene rings is 6. The molecule has 9 rings (SSSR count). The van der Waals surface area contributed by atoms with E-state index in [-0.39, 0.29) is 22.3 Å². The van der Waals surface area contributed by atoms with Gasteiger partial charge in [0.1, 0.15) is 0 Å². The number of aryl methyl sites for hydroxylation is 3. The van der Waals surface area contributed by atoms with Crippen LogP contribution in [-0.4, -0.2) is 13.7 Å². The highest BCUT2D eigenvalue weighted by atomic mass is 15.0. The maximum absolute atomic E-state index is 2.44. The van der Waals surface area contributed by atoms with Crippen molar-refractivity contribution < 1.29 is 0 Å². The standard InChI is InChI=1S/C40H31N3.3CH4/c1-4-43-39-19-15-27(25-13-17-37-31(21-25)29-9-5-7-11-35(29)41(37)2)23-33(39)34-24-28(16-20-40(34)43)26-14-18-38-32(22-26)30-10-6-8-12-36(30)42(38)3;;;/h5-24H,4H2,1-3H3;3*1H4. The quantitative estimate of drug-likeness (QED) is 0.191. The fourth-order valence-corrected chi connectivity index (χ4v) is 7.50. The summed E-state index contributed by atoms with van der Waals surface area (Å²) >= 11 is 0. The van der Waals surface area contributed by atoms with Gasteiger partial charge in [0.25, 0.3) is 0 Å². The molecule has 0 amide bonds. The molecular weight excluding hydrogens is 558 g/mol. The highest BCUT2D eigenvalue weighted by Crippen LogP contribution is 2.38. The number of nitrogens with zero attached hydrogens (tertiary/aromatic N) is 3. The van der Waals surface area contributed by atoms with Gasteiger partial charge in [-0.1, -0.05) is 82.9 Å². The van der Waals surface area contributed by atoms with Gasteiger partial charge in [0, 0.05) is 86.1 Å². The number of hydrogen-bond donors (Lipinski definition) is 0. The molecule has 0 atom stereocenters. The van der Waals surface area contributed by atoms with Gasteiger partial charge in [-0.3, -0.25) is 0 Å². The third-order valence-electron chi connectivity index (χ3n) is 9.67. The maximum Gasteiger partial charge on any atom is 0.0491 e. The van der Waals surface area contributed by atoms with Crippen LogP contribution in [0.15, 0.2) is 121 Å². The van der Waals surface area contributed by atoms with Gasteiger partial charge in [-0.15, -0.1) is 0 Å². The van der Waals surface area contributed by atoms with Crippen LogP contribution in [0, 0.1) is 0 Å². The molecule has 3 heteroatoms. The van der Waals surface area contributed by atoms with Gasteiger partial charge < -0.3 is 13.7 Å². The number of fused-ring (bicyclic) bond motifs is 9. The summed E-state index contributed by atoms with van der Waals surface area (Å²) in [6.45, 7) is 3.17. The summed E-state index contributed by atoms with van der Waals surface area (Å²) in [5.41, 5.74) is 12.6. The number of rotatable bonds is 3. The van der Waals surface area contributed by atoms with Crippen molar-refractivity contribution in [2.75, 3.05) is 0 Å². The Kier molecular flexibility index (Phi) is 7.52. The van der Waals surface area contributed by atoms with Crippen LogP contribution in [0.2, 0.25) is 0 Å². The monoisotopic (exact) mass is 601 g/mol. The Balaban J connectivity index is 0.00000124. The predicted molar refractivity (Wildman–Crippen MR) is 204 cm³/mol. The van der Waals surface area contributed by atoms with Crippen molar-refractivity contribution in [3.8, 4) is 22.3 Å². The van der Waals surface area contributed by atoms with E-state index in [2.05, 4.69) is 156 Å². The van der Waals surface area contributed by atoms with Crippen LogP contribution in [0.4, 0.5) is 0 Å². The highest BCUT2D eigenvalue weighted by Gasteiger charge is 2.15. The van der Waals surface area contributed by atoms with Crippen LogP contribution >= 0.6 is 0 Å². The minimum absolute atomic E-state index is 0. The first-order valence-electron chi connectivity index (χ1n) is 15.1. The normalized spacial score (nSPS) is 11.4. The molecule has 0 saturated carbocycles. The van der Waals surface area contributed by atoms with Gasteiger partial charge in [0.2, 0.25) is 0 Å². The minimum Gasteiger partial charge on any atom is -0.344 e. The Morgan fingerprint density at radius 2 is 0.674 bits per heavy atom. The van der Waals surface area contributed by atoms with Crippen LogP contribution < -0.4 is 0 Å². The summed E-state index contributed by atoms with van der Waals surface area (Å²) in [5, 5.41) is 7.83. The van der Waals surface area contributed by atoms with E-state index in [9.17, 15) is 0 Å². The highest BCUT2D eigenvalue weighted by molar-refractivity contribution is 6.13. The molecular formula is C43H43N3.